The molecule has 2 unspecified atom stereocenters. The third kappa shape index (κ3) is 44.9. The third-order valence-corrected chi connectivity index (χ3v) is 12.9. The lowest BCUT2D eigenvalue weighted by atomic mass is 10.1. The minimum absolute atomic E-state index is 0.822. The number of unbranched alkanes of at least 4 members (excludes halogenated alkanes) is 25. The van der Waals surface area contributed by atoms with Crippen molar-refractivity contribution in [3.8, 4) is 0 Å². The second-order valence-electron chi connectivity index (χ2n) is 19.0. The van der Waals surface area contributed by atoms with E-state index in [0.29, 0.717) is 0 Å². The van der Waals surface area contributed by atoms with E-state index >= 15 is 0 Å². The highest BCUT2D eigenvalue weighted by molar-refractivity contribution is 4.82. The summed E-state index contributed by atoms with van der Waals surface area (Å²) in [4.78, 5) is 5.65. The summed E-state index contributed by atoms with van der Waals surface area (Å²) in [7, 11) is 0. The fourth-order valence-electron chi connectivity index (χ4n) is 8.37. The number of hydrogen-bond donors (Lipinski definition) is 1. The Hall–Kier alpha value is -0.640. The smallest absolute Gasteiger partial charge is 0.000692 e. The predicted octanol–water partition coefficient (Wildman–Crippen LogP) is 17.3. The average Bonchev–Trinajstić information content (AvgIpc) is 3.25. The zero-order valence-electron chi connectivity index (χ0n) is 41.3. The Labute approximate surface area is 368 Å². The molecule has 0 aromatic carbocycles. The van der Waals surface area contributed by atoms with Gasteiger partial charge in [-0.15, -0.1) is 0 Å². The van der Waals surface area contributed by atoms with Crippen LogP contribution in [0.15, 0.2) is 24.3 Å². The molecule has 0 aliphatic carbocycles. The SMILES string of the molecule is C1CCNCC1.CCCCCCCC/C=C\CCCCCCCCN(CCCCN(CCCCCCCC/C=C\CCCCCCCC)CC(C)CC)CC(C)CC. The van der Waals surface area contributed by atoms with E-state index in [-0.39, 0.29) is 0 Å². The van der Waals surface area contributed by atoms with Crippen LogP contribution in [0.2, 0.25) is 0 Å². The molecular weight excluding hydrogens is 703 g/mol. The Morgan fingerprint density at radius 3 is 0.897 bits per heavy atom. The van der Waals surface area contributed by atoms with Gasteiger partial charge in [0.05, 0.1) is 0 Å². The highest BCUT2D eigenvalue weighted by Gasteiger charge is 2.12. The molecule has 1 saturated heterocycles. The minimum atomic E-state index is 0.822. The first-order valence-corrected chi connectivity index (χ1v) is 27.0. The first-order chi connectivity index (χ1) is 28.6. The molecule has 3 heteroatoms. The molecule has 58 heavy (non-hydrogen) atoms. The fraction of sp³-hybridized carbons (Fsp3) is 0.927. The second kappa shape index (κ2) is 49.0. The summed E-state index contributed by atoms with van der Waals surface area (Å²) in [6.45, 7) is 24.6. The van der Waals surface area contributed by atoms with Gasteiger partial charge in [-0.05, 0) is 141 Å². The Kier molecular flexibility index (Phi) is 48.5. The predicted molar refractivity (Wildman–Crippen MR) is 267 cm³/mol. The van der Waals surface area contributed by atoms with Crippen molar-refractivity contribution in [3.05, 3.63) is 24.3 Å². The van der Waals surface area contributed by atoms with E-state index in [9.17, 15) is 0 Å². The third-order valence-electron chi connectivity index (χ3n) is 12.9. The summed E-state index contributed by atoms with van der Waals surface area (Å²) in [5, 5.41) is 3.28. The van der Waals surface area contributed by atoms with Crippen molar-refractivity contribution in [2.45, 2.75) is 266 Å². The number of nitrogens with one attached hydrogen (secondary N) is 1. The molecule has 1 N–H and O–H groups in total. The molecule has 346 valence electrons. The molecule has 0 bridgehead atoms. The maximum atomic E-state index is 3.28. The standard InChI is InChI=1S/C50H100N2.C5H11N/c1-7-11-13-15-17-19-21-23-25-27-29-31-33-35-37-39-43-51(47-49(5)9-3)45-41-42-46-52(48-50(6)10-4)44-40-38-36-34-32-30-28-26-24-22-20-18-16-14-12-8-2;1-2-4-6-5-3-1/h23-26,49-50H,7-22,27-48H2,1-6H3;6H,1-5H2/b25-23-,26-24-;. The molecule has 1 fully saturated rings. The quantitative estimate of drug-likeness (QED) is 0.0489. The van der Waals surface area contributed by atoms with Gasteiger partial charge < -0.3 is 15.1 Å². The average molecular weight is 815 g/mol. The van der Waals surface area contributed by atoms with Crippen molar-refractivity contribution < 1.29 is 0 Å². The molecule has 0 spiro atoms. The van der Waals surface area contributed by atoms with Gasteiger partial charge in [0.15, 0.2) is 0 Å². The maximum Gasteiger partial charge on any atom is 0.000692 e. The van der Waals surface area contributed by atoms with Gasteiger partial charge in [0.1, 0.15) is 0 Å². The van der Waals surface area contributed by atoms with Gasteiger partial charge >= 0.3 is 0 Å². The van der Waals surface area contributed by atoms with Gasteiger partial charge in [0, 0.05) is 13.1 Å². The minimum Gasteiger partial charge on any atom is -0.317 e. The lowest BCUT2D eigenvalue weighted by Crippen LogP contribution is -2.33. The lowest BCUT2D eigenvalue weighted by molar-refractivity contribution is 0.203. The van der Waals surface area contributed by atoms with E-state index < -0.39 is 0 Å². The van der Waals surface area contributed by atoms with Gasteiger partial charge in [0.25, 0.3) is 0 Å². The van der Waals surface area contributed by atoms with E-state index in [4.69, 9.17) is 0 Å². The number of allylic oxidation sites excluding steroid dienone is 4. The Morgan fingerprint density at radius 1 is 0.362 bits per heavy atom. The van der Waals surface area contributed by atoms with Crippen molar-refractivity contribution in [1.82, 2.24) is 15.1 Å². The fourth-order valence-corrected chi connectivity index (χ4v) is 8.37. The summed E-state index contributed by atoms with van der Waals surface area (Å²) in [5.41, 5.74) is 0. The van der Waals surface area contributed by atoms with Crippen LogP contribution in [-0.2, 0) is 0 Å². The molecule has 0 saturated carbocycles. The van der Waals surface area contributed by atoms with Crippen LogP contribution in [0.4, 0.5) is 0 Å². The van der Waals surface area contributed by atoms with Crippen LogP contribution in [0.5, 0.6) is 0 Å². The van der Waals surface area contributed by atoms with Crippen molar-refractivity contribution in [3.63, 3.8) is 0 Å². The van der Waals surface area contributed by atoms with Crippen LogP contribution in [0, 0.1) is 11.8 Å². The number of hydrogen-bond acceptors (Lipinski definition) is 3. The molecule has 1 aliphatic rings. The van der Waals surface area contributed by atoms with Gasteiger partial charge in [-0.2, -0.15) is 0 Å². The summed E-state index contributed by atoms with van der Waals surface area (Å²) < 4.78 is 0. The highest BCUT2D eigenvalue weighted by atomic mass is 15.1. The van der Waals surface area contributed by atoms with Gasteiger partial charge in [-0.3, -0.25) is 0 Å². The first-order valence-electron chi connectivity index (χ1n) is 27.0. The topological polar surface area (TPSA) is 18.5 Å². The molecule has 0 radical (unpaired) electrons. The van der Waals surface area contributed by atoms with E-state index in [1.165, 1.54) is 277 Å². The van der Waals surface area contributed by atoms with Crippen LogP contribution < -0.4 is 5.32 Å². The summed E-state index contributed by atoms with van der Waals surface area (Å²) >= 11 is 0. The Balaban J connectivity index is 0.00000491. The van der Waals surface area contributed by atoms with E-state index in [0.717, 1.165) is 11.8 Å². The van der Waals surface area contributed by atoms with Gasteiger partial charge in [-0.25, -0.2) is 0 Å². The van der Waals surface area contributed by atoms with Crippen LogP contribution in [0.3, 0.4) is 0 Å². The molecule has 1 aliphatic heterocycles. The molecule has 3 nitrogen and oxygen atoms in total. The van der Waals surface area contributed by atoms with Crippen molar-refractivity contribution in [2.75, 3.05) is 52.4 Å². The molecule has 1 heterocycles. The molecule has 1 rings (SSSR count). The van der Waals surface area contributed by atoms with Crippen molar-refractivity contribution >= 4 is 0 Å². The van der Waals surface area contributed by atoms with Crippen LogP contribution in [0.25, 0.3) is 0 Å². The number of piperidine rings is 1. The van der Waals surface area contributed by atoms with E-state index in [1.807, 2.05) is 0 Å². The van der Waals surface area contributed by atoms with Crippen LogP contribution >= 0.6 is 0 Å². The summed E-state index contributed by atoms with van der Waals surface area (Å²) in [5.74, 6) is 1.64. The monoisotopic (exact) mass is 814 g/mol. The first kappa shape index (κ1) is 57.4. The zero-order chi connectivity index (χ0) is 42.3. The molecule has 0 aromatic heterocycles. The molecule has 0 aromatic rings. The lowest BCUT2D eigenvalue weighted by Gasteiger charge is -2.27. The highest BCUT2D eigenvalue weighted by Crippen LogP contribution is 2.15. The Bertz CT molecular complexity index is 731. The molecule has 2 atom stereocenters. The maximum absolute atomic E-state index is 3.28. The van der Waals surface area contributed by atoms with Crippen molar-refractivity contribution in [2.24, 2.45) is 11.8 Å². The van der Waals surface area contributed by atoms with E-state index in [1.54, 1.807) is 0 Å². The largest absolute Gasteiger partial charge is 0.317 e. The molecular formula is C55H111N3. The number of rotatable bonds is 43. The Morgan fingerprint density at radius 2 is 0.638 bits per heavy atom. The zero-order valence-corrected chi connectivity index (χ0v) is 41.3. The normalized spacial score (nSPS) is 14.6. The van der Waals surface area contributed by atoms with E-state index in [2.05, 4.69) is 81.0 Å². The second-order valence-corrected chi connectivity index (χ2v) is 19.0. The van der Waals surface area contributed by atoms with Gasteiger partial charge in [0.2, 0.25) is 0 Å². The summed E-state index contributed by atoms with van der Waals surface area (Å²) in [6.07, 6.45) is 58.5. The number of nitrogens with zero attached hydrogens (tertiary/aromatic N) is 2. The molecule has 0 amide bonds. The van der Waals surface area contributed by atoms with Gasteiger partial charge in [-0.1, -0.05) is 201 Å². The van der Waals surface area contributed by atoms with Crippen LogP contribution in [-0.4, -0.2) is 62.2 Å². The van der Waals surface area contributed by atoms with Crippen molar-refractivity contribution in [1.29, 1.82) is 0 Å². The van der Waals surface area contributed by atoms with Crippen LogP contribution in [0.1, 0.15) is 266 Å². The summed E-state index contributed by atoms with van der Waals surface area (Å²) in [6, 6.07) is 0.